The number of amides is 2. The molecule has 2 aromatic carbocycles. The highest BCUT2D eigenvalue weighted by Gasteiger charge is 2.41. The molecule has 6 rings (SSSR count). The van der Waals surface area contributed by atoms with Crippen LogP contribution in [0.25, 0.3) is 0 Å². The molecule has 0 aliphatic carbocycles. The Morgan fingerprint density at radius 2 is 1.78 bits per heavy atom. The lowest BCUT2D eigenvalue weighted by Crippen LogP contribution is -2.45. The van der Waals surface area contributed by atoms with Crippen molar-refractivity contribution in [3.05, 3.63) is 64.9 Å². The minimum atomic E-state index is -4.31. The standard InChI is InChI=1S/C30H34F2N6O6S/c1-30(2)17-38(45(41,42)21-13-18(31)12-19(32)14-21)16-23-26(30)35-36-27(23)34-28(39)22-6-5-20(37-7-10-43-11-8-37)15-24(22)33-29(40)25-4-3-9-44-25/h5-6,12-15,25H,3-4,7-11,16-17H2,1-2H3,(H,33,40)(H2,34,35,36,39)/t25-/m1/s1. The number of aromatic amines is 1. The van der Waals surface area contributed by atoms with Gasteiger partial charge in [-0.15, -0.1) is 0 Å². The molecule has 15 heteroatoms. The van der Waals surface area contributed by atoms with Gasteiger partial charge in [0.1, 0.15) is 17.7 Å². The maximum Gasteiger partial charge on any atom is 0.258 e. The first-order chi connectivity index (χ1) is 21.4. The van der Waals surface area contributed by atoms with Crippen LogP contribution in [0.5, 0.6) is 0 Å². The van der Waals surface area contributed by atoms with E-state index in [0.717, 1.165) is 28.5 Å². The first-order valence-electron chi connectivity index (χ1n) is 14.7. The van der Waals surface area contributed by atoms with E-state index in [0.29, 0.717) is 62.3 Å². The van der Waals surface area contributed by atoms with Crippen molar-refractivity contribution in [1.82, 2.24) is 14.5 Å². The molecule has 3 aliphatic rings. The van der Waals surface area contributed by atoms with Gasteiger partial charge in [0.15, 0.2) is 5.82 Å². The number of benzene rings is 2. The number of aromatic nitrogens is 2. The van der Waals surface area contributed by atoms with Gasteiger partial charge in [0.2, 0.25) is 10.0 Å². The Bertz CT molecular complexity index is 1710. The molecule has 12 nitrogen and oxygen atoms in total. The highest BCUT2D eigenvalue weighted by Crippen LogP contribution is 2.38. The maximum absolute atomic E-state index is 13.9. The van der Waals surface area contributed by atoms with E-state index < -0.39 is 44.0 Å². The highest BCUT2D eigenvalue weighted by atomic mass is 32.2. The summed E-state index contributed by atoms with van der Waals surface area (Å²) in [5.41, 5.74) is 1.51. The first-order valence-corrected chi connectivity index (χ1v) is 16.1. The van der Waals surface area contributed by atoms with Crippen LogP contribution in [0.1, 0.15) is 48.3 Å². The number of carbonyl (C=O) groups excluding carboxylic acids is 2. The van der Waals surface area contributed by atoms with Crippen molar-refractivity contribution >= 4 is 39.0 Å². The molecule has 2 amide bonds. The number of H-pyrrole nitrogens is 1. The molecular weight excluding hydrogens is 610 g/mol. The molecule has 3 aromatic rings. The lowest BCUT2D eigenvalue weighted by molar-refractivity contribution is -0.124. The zero-order valence-electron chi connectivity index (χ0n) is 24.9. The predicted molar refractivity (Wildman–Crippen MR) is 161 cm³/mol. The van der Waals surface area contributed by atoms with Crippen LogP contribution in [-0.2, 0) is 36.3 Å². The third-order valence-electron chi connectivity index (χ3n) is 8.26. The monoisotopic (exact) mass is 644 g/mol. The second kappa shape index (κ2) is 12.1. The Kier molecular flexibility index (Phi) is 8.37. The van der Waals surface area contributed by atoms with Crippen molar-refractivity contribution in [2.45, 2.75) is 49.6 Å². The number of halogens is 2. The van der Waals surface area contributed by atoms with E-state index in [4.69, 9.17) is 9.47 Å². The van der Waals surface area contributed by atoms with Crippen molar-refractivity contribution in [3.8, 4) is 0 Å². The third-order valence-corrected chi connectivity index (χ3v) is 10.0. The van der Waals surface area contributed by atoms with Crippen LogP contribution in [0.4, 0.5) is 26.0 Å². The second-order valence-electron chi connectivity index (χ2n) is 12.0. The number of hydrogen-bond acceptors (Lipinski definition) is 8. The zero-order valence-corrected chi connectivity index (χ0v) is 25.7. The van der Waals surface area contributed by atoms with Crippen LogP contribution >= 0.6 is 0 Å². The van der Waals surface area contributed by atoms with Crippen LogP contribution in [0.15, 0.2) is 41.3 Å². The summed E-state index contributed by atoms with van der Waals surface area (Å²) >= 11 is 0. The van der Waals surface area contributed by atoms with E-state index in [-0.39, 0.29) is 30.4 Å². The van der Waals surface area contributed by atoms with Crippen molar-refractivity contribution in [2.24, 2.45) is 0 Å². The van der Waals surface area contributed by atoms with Crippen LogP contribution in [-0.4, -0.2) is 80.3 Å². The summed E-state index contributed by atoms with van der Waals surface area (Å²) < 4.78 is 67.0. The number of morpholine rings is 1. The van der Waals surface area contributed by atoms with Gasteiger partial charge in [-0.2, -0.15) is 9.40 Å². The Morgan fingerprint density at radius 1 is 1.04 bits per heavy atom. The van der Waals surface area contributed by atoms with Gasteiger partial charge in [-0.25, -0.2) is 17.2 Å². The Morgan fingerprint density at radius 3 is 2.47 bits per heavy atom. The fraction of sp³-hybridized carbons (Fsp3) is 0.433. The molecule has 0 radical (unpaired) electrons. The number of sulfonamides is 1. The molecule has 240 valence electrons. The SMILES string of the molecule is CC1(C)CN(S(=O)(=O)c2cc(F)cc(F)c2)Cc2c(NC(=O)c3ccc(N4CCOCC4)cc3NC(=O)[C@H]3CCCO3)n[nH]c21. The third kappa shape index (κ3) is 6.30. The van der Waals surface area contributed by atoms with Gasteiger partial charge in [0.05, 0.1) is 29.4 Å². The summed E-state index contributed by atoms with van der Waals surface area (Å²) in [5, 5.41) is 12.9. The number of nitrogens with zero attached hydrogens (tertiary/aromatic N) is 3. The smallest absolute Gasteiger partial charge is 0.258 e. The van der Waals surface area contributed by atoms with Crippen molar-refractivity contribution in [3.63, 3.8) is 0 Å². The van der Waals surface area contributed by atoms with E-state index in [2.05, 4.69) is 25.7 Å². The molecule has 3 N–H and O–H groups in total. The summed E-state index contributed by atoms with van der Waals surface area (Å²) in [5.74, 6) is -2.85. The fourth-order valence-corrected chi connectivity index (χ4v) is 7.57. The molecule has 1 aromatic heterocycles. The lowest BCUT2D eigenvalue weighted by atomic mass is 9.84. The molecule has 0 spiro atoms. The summed E-state index contributed by atoms with van der Waals surface area (Å²) in [6.07, 6.45) is 0.724. The number of carbonyl (C=O) groups is 2. The van der Waals surface area contributed by atoms with E-state index in [1.165, 1.54) is 0 Å². The molecule has 3 aliphatic heterocycles. The molecule has 2 fully saturated rings. The van der Waals surface area contributed by atoms with Crippen LogP contribution < -0.4 is 15.5 Å². The fourth-order valence-electron chi connectivity index (χ4n) is 5.96. The predicted octanol–water partition coefficient (Wildman–Crippen LogP) is 3.38. The van der Waals surface area contributed by atoms with E-state index >= 15 is 0 Å². The topological polar surface area (TPSA) is 146 Å². The quantitative estimate of drug-likeness (QED) is 0.355. The number of hydrogen-bond donors (Lipinski definition) is 3. The normalized spacial score (nSPS) is 20.1. The number of fused-ring (bicyclic) bond motifs is 1. The Balaban J connectivity index is 1.29. The van der Waals surface area contributed by atoms with Gasteiger partial charge < -0.3 is 25.0 Å². The number of anilines is 3. The Labute approximate surface area is 259 Å². The molecule has 0 unspecified atom stereocenters. The van der Waals surface area contributed by atoms with Crippen LogP contribution in [0.2, 0.25) is 0 Å². The molecular formula is C30H34F2N6O6S. The summed E-state index contributed by atoms with van der Waals surface area (Å²) in [7, 11) is -4.31. The lowest BCUT2D eigenvalue weighted by Gasteiger charge is -2.36. The maximum atomic E-state index is 13.9. The summed E-state index contributed by atoms with van der Waals surface area (Å²) in [6, 6.07) is 7.29. The minimum absolute atomic E-state index is 0.00152. The molecule has 45 heavy (non-hydrogen) atoms. The number of nitrogens with one attached hydrogen (secondary N) is 3. The largest absolute Gasteiger partial charge is 0.378 e. The summed E-state index contributed by atoms with van der Waals surface area (Å²) in [6.45, 7) is 6.30. The molecule has 4 heterocycles. The van der Waals surface area contributed by atoms with Crippen molar-refractivity contribution < 1.29 is 36.3 Å². The molecule has 0 saturated carbocycles. The minimum Gasteiger partial charge on any atom is -0.378 e. The first kappa shape index (κ1) is 31.1. The average molecular weight is 645 g/mol. The van der Waals surface area contributed by atoms with Crippen molar-refractivity contribution in [1.29, 1.82) is 0 Å². The van der Waals surface area contributed by atoms with E-state index in [9.17, 15) is 26.8 Å². The second-order valence-corrected chi connectivity index (χ2v) is 13.9. The van der Waals surface area contributed by atoms with Crippen molar-refractivity contribution in [2.75, 3.05) is 55.0 Å². The van der Waals surface area contributed by atoms with Crippen LogP contribution in [0, 0.1) is 11.6 Å². The van der Waals surface area contributed by atoms with Gasteiger partial charge in [0.25, 0.3) is 11.8 Å². The number of rotatable bonds is 7. The van der Waals surface area contributed by atoms with Gasteiger partial charge >= 0.3 is 0 Å². The molecule has 0 bridgehead atoms. The van der Waals surface area contributed by atoms with Gasteiger partial charge in [-0.3, -0.25) is 14.7 Å². The van der Waals surface area contributed by atoms with Gasteiger partial charge in [0, 0.05) is 61.2 Å². The Hall–Kier alpha value is -3.92. The zero-order chi connectivity index (χ0) is 31.9. The van der Waals surface area contributed by atoms with Crippen LogP contribution in [0.3, 0.4) is 0 Å². The molecule has 2 saturated heterocycles. The van der Waals surface area contributed by atoms with E-state index in [1.807, 2.05) is 0 Å². The molecule has 1 atom stereocenters. The van der Waals surface area contributed by atoms with Gasteiger partial charge in [-0.05, 0) is 43.2 Å². The average Bonchev–Trinajstić information content (AvgIpc) is 3.68. The van der Waals surface area contributed by atoms with E-state index in [1.54, 1.807) is 32.0 Å². The van der Waals surface area contributed by atoms with Gasteiger partial charge in [-0.1, -0.05) is 13.8 Å². The summed E-state index contributed by atoms with van der Waals surface area (Å²) in [4.78, 5) is 28.3. The number of ether oxygens (including phenoxy) is 2. The highest BCUT2D eigenvalue weighted by molar-refractivity contribution is 7.89.